The van der Waals surface area contributed by atoms with Crippen LogP contribution in [0, 0.1) is 17.3 Å². The number of nitrogens with zero attached hydrogens (tertiary/aromatic N) is 2. The summed E-state index contributed by atoms with van der Waals surface area (Å²) in [7, 11) is 0. The number of amides is 2. The van der Waals surface area contributed by atoms with E-state index < -0.39 is 46.6 Å². The van der Waals surface area contributed by atoms with Gasteiger partial charge in [0.2, 0.25) is 11.8 Å². The van der Waals surface area contributed by atoms with Crippen LogP contribution in [0.1, 0.15) is 61.3 Å². The third-order valence-corrected chi connectivity index (χ3v) is 7.89. The summed E-state index contributed by atoms with van der Waals surface area (Å²) in [5, 5.41) is 10.0. The van der Waals surface area contributed by atoms with Gasteiger partial charge >= 0.3 is 5.97 Å². The van der Waals surface area contributed by atoms with Gasteiger partial charge in [-0.15, -0.1) is 0 Å². The highest BCUT2D eigenvalue weighted by atomic mass is 16.6. The second kappa shape index (κ2) is 8.44. The van der Waals surface area contributed by atoms with Gasteiger partial charge in [-0.1, -0.05) is 45.1 Å². The highest BCUT2D eigenvalue weighted by Gasteiger charge is 2.75. The first-order valence-corrected chi connectivity index (χ1v) is 12.7. The maximum Gasteiger partial charge on any atom is 0.313 e. The molecule has 4 heterocycles. The minimum atomic E-state index is -1.34. The molecule has 0 aromatic heterocycles. The predicted octanol–water partition coefficient (Wildman–Crippen LogP) is 2.45. The normalized spacial score (nSPS) is 36.2. The van der Waals surface area contributed by atoms with E-state index in [2.05, 4.69) is 20.8 Å². The molecule has 0 aromatic carbocycles. The van der Waals surface area contributed by atoms with Crippen LogP contribution >= 0.6 is 0 Å². The van der Waals surface area contributed by atoms with E-state index >= 15 is 0 Å². The summed E-state index contributed by atoms with van der Waals surface area (Å²) in [6.07, 6.45) is 8.79. The topological polar surface area (TPSA) is 96.4 Å². The highest BCUT2D eigenvalue weighted by Crippen LogP contribution is 2.57. The number of carbonyl (C=O) groups is 3. The Morgan fingerprint density at radius 2 is 1.77 bits per heavy atom. The Bertz CT molecular complexity index is 965. The van der Waals surface area contributed by atoms with Crippen LogP contribution in [0.4, 0.5) is 0 Å². The maximum absolute atomic E-state index is 14.4. The summed E-state index contributed by atoms with van der Waals surface area (Å²) in [4.78, 5) is 44.9. The van der Waals surface area contributed by atoms with E-state index in [-0.39, 0.29) is 30.4 Å². The van der Waals surface area contributed by atoms with Gasteiger partial charge in [0.05, 0.1) is 30.8 Å². The largest absolute Gasteiger partial charge is 0.465 e. The number of rotatable bonds is 4. The minimum Gasteiger partial charge on any atom is -0.465 e. The Labute approximate surface area is 208 Å². The number of esters is 1. The molecule has 4 aliphatic heterocycles. The van der Waals surface area contributed by atoms with Gasteiger partial charge < -0.3 is 24.4 Å². The molecular weight excluding hydrogens is 448 g/mol. The molecule has 0 aliphatic carbocycles. The minimum absolute atomic E-state index is 0.0269. The summed E-state index contributed by atoms with van der Waals surface area (Å²) in [6.45, 7) is 14.3. The fourth-order valence-corrected chi connectivity index (χ4v) is 6.93. The second-order valence-electron chi connectivity index (χ2n) is 12.5. The number of aliphatic hydroxyl groups excluding tert-OH is 1. The molecule has 35 heavy (non-hydrogen) atoms. The van der Waals surface area contributed by atoms with Gasteiger partial charge in [0.15, 0.2) is 0 Å². The third-order valence-electron chi connectivity index (χ3n) is 7.89. The van der Waals surface area contributed by atoms with Crippen molar-refractivity contribution < 1.29 is 29.0 Å². The van der Waals surface area contributed by atoms with Crippen molar-refractivity contribution in [3.63, 3.8) is 0 Å². The second-order valence-corrected chi connectivity index (χ2v) is 12.5. The Morgan fingerprint density at radius 1 is 1.09 bits per heavy atom. The molecule has 2 saturated heterocycles. The van der Waals surface area contributed by atoms with Crippen LogP contribution in [-0.4, -0.2) is 81.3 Å². The molecule has 2 amide bonds. The van der Waals surface area contributed by atoms with Crippen molar-refractivity contribution in [2.45, 2.75) is 90.1 Å². The van der Waals surface area contributed by atoms with E-state index in [0.717, 1.165) is 6.42 Å². The molecule has 1 N–H and O–H groups in total. The Morgan fingerprint density at radius 3 is 2.40 bits per heavy atom. The van der Waals surface area contributed by atoms with Gasteiger partial charge in [0.1, 0.15) is 17.6 Å². The van der Waals surface area contributed by atoms with Crippen molar-refractivity contribution in [2.24, 2.45) is 17.3 Å². The smallest absolute Gasteiger partial charge is 0.313 e. The van der Waals surface area contributed by atoms with E-state index in [1.807, 2.05) is 43.1 Å². The molecule has 194 valence electrons. The van der Waals surface area contributed by atoms with Crippen LogP contribution in [0.5, 0.6) is 0 Å². The van der Waals surface area contributed by atoms with Crippen molar-refractivity contribution >= 4 is 17.8 Å². The molecule has 8 nitrogen and oxygen atoms in total. The maximum atomic E-state index is 14.4. The fourth-order valence-electron chi connectivity index (χ4n) is 6.93. The van der Waals surface area contributed by atoms with Crippen LogP contribution in [0.3, 0.4) is 0 Å². The summed E-state index contributed by atoms with van der Waals surface area (Å²) in [5.41, 5.74) is -2.95. The van der Waals surface area contributed by atoms with Crippen LogP contribution in [-0.2, 0) is 23.9 Å². The summed E-state index contributed by atoms with van der Waals surface area (Å²) < 4.78 is 12.2. The molecule has 1 spiro atoms. The third kappa shape index (κ3) is 4.02. The Kier molecular flexibility index (Phi) is 6.24. The number of aliphatic hydroxyl groups is 1. The van der Waals surface area contributed by atoms with Crippen LogP contribution in [0.15, 0.2) is 24.3 Å². The van der Waals surface area contributed by atoms with E-state index in [1.165, 1.54) is 4.90 Å². The zero-order valence-electron chi connectivity index (χ0n) is 22.0. The van der Waals surface area contributed by atoms with Gasteiger partial charge in [0, 0.05) is 12.1 Å². The molecule has 2 fully saturated rings. The number of hydrogen-bond donors (Lipinski definition) is 1. The first kappa shape index (κ1) is 25.9. The Balaban J connectivity index is 1.87. The molecule has 0 radical (unpaired) electrons. The average Bonchev–Trinajstić information content (AvgIpc) is 3.05. The molecule has 8 heteroatoms. The van der Waals surface area contributed by atoms with Crippen LogP contribution in [0.2, 0.25) is 0 Å². The molecular formula is C27H40N2O6. The SMILES string of the molecule is C[C@H](CO)N1C(=O)[C@@H]2[C@@H]3C(=O)OCCC=C[C@]3(C)O[C@@]23C=CCN(C(C)(C)CC(C)(C)C)C(=O)C13. The van der Waals surface area contributed by atoms with Crippen molar-refractivity contribution in [2.75, 3.05) is 19.8 Å². The van der Waals surface area contributed by atoms with Gasteiger partial charge in [-0.2, -0.15) is 0 Å². The lowest BCUT2D eigenvalue weighted by atomic mass is 9.74. The van der Waals surface area contributed by atoms with E-state index in [4.69, 9.17) is 9.47 Å². The zero-order valence-corrected chi connectivity index (χ0v) is 22.0. The molecule has 0 bridgehead atoms. The van der Waals surface area contributed by atoms with Crippen molar-refractivity contribution in [3.05, 3.63) is 24.3 Å². The molecule has 0 aromatic rings. The van der Waals surface area contributed by atoms with Gasteiger partial charge in [-0.25, -0.2) is 0 Å². The van der Waals surface area contributed by atoms with E-state index in [9.17, 15) is 19.5 Å². The highest BCUT2D eigenvalue weighted by molar-refractivity contribution is 5.99. The Hall–Kier alpha value is -2.19. The molecule has 6 atom stereocenters. The van der Waals surface area contributed by atoms with Gasteiger partial charge in [0.25, 0.3) is 0 Å². The molecule has 1 unspecified atom stereocenters. The number of fused-ring (bicyclic) bond motifs is 2. The first-order valence-electron chi connectivity index (χ1n) is 12.7. The van der Waals surface area contributed by atoms with Crippen LogP contribution in [0.25, 0.3) is 0 Å². The lowest BCUT2D eigenvalue weighted by Crippen LogP contribution is -2.61. The van der Waals surface area contributed by atoms with E-state index in [1.54, 1.807) is 13.8 Å². The predicted molar refractivity (Wildman–Crippen MR) is 130 cm³/mol. The monoisotopic (exact) mass is 488 g/mol. The number of cyclic esters (lactones) is 1. The summed E-state index contributed by atoms with van der Waals surface area (Å²) >= 11 is 0. The van der Waals surface area contributed by atoms with Gasteiger partial charge in [-0.3, -0.25) is 14.4 Å². The number of hydrogen-bond acceptors (Lipinski definition) is 6. The van der Waals surface area contributed by atoms with E-state index in [0.29, 0.717) is 13.0 Å². The van der Waals surface area contributed by atoms with Crippen molar-refractivity contribution in [1.82, 2.24) is 9.80 Å². The molecule has 4 rings (SSSR count). The lowest BCUT2D eigenvalue weighted by Gasteiger charge is -2.45. The summed E-state index contributed by atoms with van der Waals surface area (Å²) in [5.74, 6) is -2.89. The lowest BCUT2D eigenvalue weighted by molar-refractivity contribution is -0.163. The van der Waals surface area contributed by atoms with Crippen LogP contribution < -0.4 is 0 Å². The average molecular weight is 489 g/mol. The number of carbonyl (C=O) groups excluding carboxylic acids is 3. The van der Waals surface area contributed by atoms with Gasteiger partial charge in [-0.05, 0) is 46.0 Å². The molecule has 0 saturated carbocycles. The number of likely N-dealkylation sites (tertiary alicyclic amines) is 1. The summed E-state index contributed by atoms with van der Waals surface area (Å²) in [6, 6.07) is -1.61. The molecule has 4 aliphatic rings. The van der Waals surface area contributed by atoms with Crippen molar-refractivity contribution in [3.8, 4) is 0 Å². The quantitative estimate of drug-likeness (QED) is 0.482. The first-order chi connectivity index (χ1) is 16.2. The zero-order chi connectivity index (χ0) is 26.0. The number of ether oxygens (including phenoxy) is 2. The fraction of sp³-hybridized carbons (Fsp3) is 0.741. The van der Waals surface area contributed by atoms with Crippen molar-refractivity contribution in [1.29, 1.82) is 0 Å². The standard InChI is InChI=1S/C27H40N2O6/c1-17(15-30)29-20-22(32)28(25(5,6)16-24(2,3)4)13-10-12-27(20)18(21(29)31)19-23(33)34-14-9-8-11-26(19,7)35-27/h8,10-12,17-20,30H,9,13-16H2,1-7H3/t17-,18+,19-,20?,26+,27+/m1/s1.